The molecule has 0 bridgehead atoms. The SMILES string of the molecule is CNc1nc(=O)n(C2OC(C)C(OC)C2OC)cc1C. The number of nitrogens with one attached hydrogen (secondary N) is 1. The van der Waals surface area contributed by atoms with Crippen LogP contribution in [0.15, 0.2) is 11.0 Å². The van der Waals surface area contributed by atoms with Gasteiger partial charge in [0.25, 0.3) is 0 Å². The van der Waals surface area contributed by atoms with E-state index in [9.17, 15) is 4.79 Å². The van der Waals surface area contributed by atoms with E-state index in [4.69, 9.17) is 14.2 Å². The van der Waals surface area contributed by atoms with E-state index < -0.39 is 6.23 Å². The number of nitrogens with zero attached hydrogens (tertiary/aromatic N) is 2. The summed E-state index contributed by atoms with van der Waals surface area (Å²) in [5.41, 5.74) is 0.482. The van der Waals surface area contributed by atoms with Gasteiger partial charge < -0.3 is 19.5 Å². The number of hydrogen-bond acceptors (Lipinski definition) is 6. The first-order chi connectivity index (χ1) is 9.53. The van der Waals surface area contributed by atoms with E-state index in [0.29, 0.717) is 5.82 Å². The zero-order chi connectivity index (χ0) is 14.9. The number of methoxy groups -OCH3 is 2. The average Bonchev–Trinajstić information content (AvgIpc) is 2.76. The third kappa shape index (κ3) is 2.44. The Morgan fingerprint density at radius 3 is 2.55 bits per heavy atom. The molecule has 20 heavy (non-hydrogen) atoms. The highest BCUT2D eigenvalue weighted by Gasteiger charge is 2.44. The minimum atomic E-state index is -0.537. The lowest BCUT2D eigenvalue weighted by Crippen LogP contribution is -2.37. The van der Waals surface area contributed by atoms with Crippen molar-refractivity contribution in [1.82, 2.24) is 9.55 Å². The third-order valence-electron chi connectivity index (χ3n) is 3.61. The van der Waals surface area contributed by atoms with Crippen LogP contribution in [0.4, 0.5) is 5.82 Å². The summed E-state index contributed by atoms with van der Waals surface area (Å²) >= 11 is 0. The second-order valence-electron chi connectivity index (χ2n) is 4.84. The van der Waals surface area contributed by atoms with Crippen LogP contribution in [0, 0.1) is 6.92 Å². The van der Waals surface area contributed by atoms with Crippen LogP contribution >= 0.6 is 0 Å². The fourth-order valence-corrected chi connectivity index (χ4v) is 2.61. The maximum Gasteiger partial charge on any atom is 0.351 e. The molecule has 7 heteroatoms. The largest absolute Gasteiger partial charge is 0.376 e. The lowest BCUT2D eigenvalue weighted by atomic mass is 10.1. The van der Waals surface area contributed by atoms with Gasteiger partial charge in [0.15, 0.2) is 6.23 Å². The van der Waals surface area contributed by atoms with Crippen LogP contribution in [0.2, 0.25) is 0 Å². The van der Waals surface area contributed by atoms with Crippen LogP contribution in [0.5, 0.6) is 0 Å². The van der Waals surface area contributed by atoms with Gasteiger partial charge >= 0.3 is 5.69 Å². The number of hydrogen-bond donors (Lipinski definition) is 1. The van der Waals surface area contributed by atoms with Crippen LogP contribution in [-0.4, -0.2) is 49.1 Å². The zero-order valence-electron chi connectivity index (χ0n) is 12.4. The van der Waals surface area contributed by atoms with Gasteiger partial charge in [-0.25, -0.2) is 4.79 Å². The summed E-state index contributed by atoms with van der Waals surface area (Å²) in [6, 6.07) is 0. The van der Waals surface area contributed by atoms with Crippen LogP contribution < -0.4 is 11.0 Å². The van der Waals surface area contributed by atoms with Crippen LogP contribution in [-0.2, 0) is 14.2 Å². The average molecular weight is 283 g/mol. The van der Waals surface area contributed by atoms with Gasteiger partial charge in [0.1, 0.15) is 18.0 Å². The highest BCUT2D eigenvalue weighted by atomic mass is 16.6. The number of rotatable bonds is 4. The van der Waals surface area contributed by atoms with Crippen molar-refractivity contribution in [1.29, 1.82) is 0 Å². The molecule has 112 valence electrons. The molecule has 1 aromatic rings. The van der Waals surface area contributed by atoms with Crippen LogP contribution in [0.3, 0.4) is 0 Å². The Bertz CT molecular complexity index is 531. The fraction of sp³-hybridized carbons (Fsp3) is 0.692. The van der Waals surface area contributed by atoms with E-state index in [1.54, 1.807) is 27.5 Å². The standard InChI is InChI=1S/C13H21N3O4/c1-7-6-16(13(17)15-11(7)14-3)12-10(19-5)9(18-4)8(2)20-12/h6,8-10,12H,1-5H3,(H,14,15,17). The molecule has 0 aromatic carbocycles. The summed E-state index contributed by atoms with van der Waals surface area (Å²) in [6.45, 7) is 3.77. The summed E-state index contributed by atoms with van der Waals surface area (Å²) in [4.78, 5) is 16.1. The Labute approximate surface area is 117 Å². The van der Waals surface area contributed by atoms with Crippen molar-refractivity contribution in [2.24, 2.45) is 0 Å². The summed E-state index contributed by atoms with van der Waals surface area (Å²) in [5.74, 6) is 0.564. The van der Waals surface area contributed by atoms with E-state index >= 15 is 0 Å². The third-order valence-corrected chi connectivity index (χ3v) is 3.61. The second kappa shape index (κ2) is 5.90. The maximum absolute atomic E-state index is 12.1. The van der Waals surface area contributed by atoms with E-state index in [1.165, 1.54) is 4.57 Å². The lowest BCUT2D eigenvalue weighted by molar-refractivity contribution is -0.0545. The molecule has 0 amide bonds. The first-order valence-corrected chi connectivity index (χ1v) is 6.52. The van der Waals surface area contributed by atoms with Gasteiger partial charge in [-0.1, -0.05) is 0 Å². The van der Waals surface area contributed by atoms with Crippen molar-refractivity contribution in [3.05, 3.63) is 22.2 Å². The molecule has 1 aliphatic rings. The van der Waals surface area contributed by atoms with E-state index in [0.717, 1.165) is 5.56 Å². The molecule has 0 aliphatic carbocycles. The first kappa shape index (κ1) is 15.0. The van der Waals surface area contributed by atoms with Crippen molar-refractivity contribution in [2.75, 3.05) is 26.6 Å². The highest BCUT2D eigenvalue weighted by molar-refractivity contribution is 5.40. The molecule has 2 heterocycles. The van der Waals surface area contributed by atoms with Crippen molar-refractivity contribution >= 4 is 5.82 Å². The molecule has 4 atom stereocenters. The molecular formula is C13H21N3O4. The van der Waals surface area contributed by atoms with Crippen molar-refractivity contribution in [3.8, 4) is 0 Å². The summed E-state index contributed by atoms with van der Waals surface area (Å²) in [6.07, 6.45) is 0.453. The van der Waals surface area contributed by atoms with Crippen molar-refractivity contribution < 1.29 is 14.2 Å². The molecule has 4 unspecified atom stereocenters. The monoisotopic (exact) mass is 283 g/mol. The Morgan fingerprint density at radius 2 is 2.00 bits per heavy atom. The van der Waals surface area contributed by atoms with Gasteiger partial charge in [-0.05, 0) is 13.8 Å². The molecule has 1 fully saturated rings. The van der Waals surface area contributed by atoms with E-state index in [2.05, 4.69) is 10.3 Å². The van der Waals surface area contributed by atoms with Gasteiger partial charge in [-0.2, -0.15) is 4.98 Å². The van der Waals surface area contributed by atoms with Gasteiger partial charge in [-0.3, -0.25) is 4.57 Å². The highest BCUT2D eigenvalue weighted by Crippen LogP contribution is 2.32. The normalized spacial score (nSPS) is 29.6. The second-order valence-corrected chi connectivity index (χ2v) is 4.84. The Morgan fingerprint density at radius 1 is 1.35 bits per heavy atom. The molecule has 2 rings (SSSR count). The molecule has 1 N–H and O–H groups in total. The minimum Gasteiger partial charge on any atom is -0.376 e. The van der Waals surface area contributed by atoms with Gasteiger partial charge in [0.2, 0.25) is 0 Å². The number of aromatic nitrogens is 2. The molecule has 0 spiro atoms. The number of aryl methyl sites for hydroxylation is 1. The van der Waals surface area contributed by atoms with Crippen LogP contribution in [0.25, 0.3) is 0 Å². The quantitative estimate of drug-likeness (QED) is 0.869. The Balaban J connectivity index is 2.41. The summed E-state index contributed by atoms with van der Waals surface area (Å²) in [7, 11) is 4.92. The molecule has 1 aromatic heterocycles. The molecule has 0 radical (unpaired) electrons. The van der Waals surface area contributed by atoms with Gasteiger partial charge in [0.05, 0.1) is 6.10 Å². The topological polar surface area (TPSA) is 74.6 Å². The number of anilines is 1. The predicted octanol–water partition coefficient (Wildman–Crippen LogP) is 0.541. The predicted molar refractivity (Wildman–Crippen MR) is 74.0 cm³/mol. The van der Waals surface area contributed by atoms with Gasteiger partial charge in [0, 0.05) is 33.0 Å². The lowest BCUT2D eigenvalue weighted by Gasteiger charge is -2.22. The summed E-state index contributed by atoms with van der Waals surface area (Å²) in [5, 5.41) is 2.89. The molecular weight excluding hydrogens is 262 g/mol. The number of ether oxygens (including phenoxy) is 3. The molecule has 0 saturated carbocycles. The molecule has 7 nitrogen and oxygen atoms in total. The van der Waals surface area contributed by atoms with Crippen LogP contribution in [0.1, 0.15) is 18.7 Å². The van der Waals surface area contributed by atoms with Crippen molar-refractivity contribution in [2.45, 2.75) is 38.4 Å². The zero-order valence-corrected chi connectivity index (χ0v) is 12.4. The van der Waals surface area contributed by atoms with E-state index in [-0.39, 0.29) is 24.0 Å². The van der Waals surface area contributed by atoms with Crippen molar-refractivity contribution in [3.63, 3.8) is 0 Å². The smallest absolute Gasteiger partial charge is 0.351 e. The fourth-order valence-electron chi connectivity index (χ4n) is 2.61. The van der Waals surface area contributed by atoms with Gasteiger partial charge in [-0.15, -0.1) is 0 Å². The summed E-state index contributed by atoms with van der Waals surface area (Å²) < 4.78 is 18.1. The molecule has 1 saturated heterocycles. The van der Waals surface area contributed by atoms with E-state index in [1.807, 2.05) is 13.8 Å². The Kier molecular flexibility index (Phi) is 4.42. The molecule has 1 aliphatic heterocycles. The first-order valence-electron chi connectivity index (χ1n) is 6.52. The Hall–Kier alpha value is -1.44. The minimum absolute atomic E-state index is 0.161. The maximum atomic E-state index is 12.1.